The molecule has 0 N–H and O–H groups in total. The summed E-state index contributed by atoms with van der Waals surface area (Å²) in [5.74, 6) is -1.62. The maximum Gasteiger partial charge on any atom is 0.501 e. The minimum absolute atomic E-state index is 0.0728. The molecule has 1 fully saturated rings. The quantitative estimate of drug-likeness (QED) is 0.566. The van der Waals surface area contributed by atoms with E-state index in [1.165, 1.54) is 6.07 Å². The monoisotopic (exact) mass is 352 g/mol. The largest absolute Gasteiger partial charge is 0.501 e. The third kappa shape index (κ3) is 2.44. The molecule has 2 nitrogen and oxygen atoms in total. The van der Waals surface area contributed by atoms with Crippen LogP contribution in [0.15, 0.2) is 10.5 Å². The van der Waals surface area contributed by atoms with Crippen LogP contribution in [0.1, 0.15) is 27.7 Å². The van der Waals surface area contributed by atoms with Gasteiger partial charge in [-0.3, -0.25) is 0 Å². The number of halogens is 4. The van der Waals surface area contributed by atoms with Gasteiger partial charge in [0.15, 0.2) is 0 Å². The second-order valence-electron chi connectivity index (χ2n) is 5.47. The van der Waals surface area contributed by atoms with Gasteiger partial charge in [-0.05, 0) is 49.7 Å². The molecule has 0 bridgehead atoms. The zero-order chi connectivity index (χ0) is 14.6. The van der Waals surface area contributed by atoms with Crippen LogP contribution in [0.2, 0.25) is 5.02 Å². The normalized spacial score (nSPS) is 20.9. The maximum absolute atomic E-state index is 14.1. The molecule has 0 aliphatic carbocycles. The van der Waals surface area contributed by atoms with E-state index in [0.717, 1.165) is 0 Å². The van der Waals surface area contributed by atoms with Crippen LogP contribution in [0, 0.1) is 11.6 Å². The fourth-order valence-corrected chi connectivity index (χ4v) is 2.54. The van der Waals surface area contributed by atoms with Crippen molar-refractivity contribution >= 4 is 40.1 Å². The van der Waals surface area contributed by atoms with E-state index < -0.39 is 30.0 Å². The summed E-state index contributed by atoms with van der Waals surface area (Å²) in [6.45, 7) is 7.23. The van der Waals surface area contributed by atoms with Crippen molar-refractivity contribution in [2.75, 3.05) is 0 Å². The third-order valence-electron chi connectivity index (χ3n) is 3.63. The Morgan fingerprint density at radius 2 is 1.58 bits per heavy atom. The van der Waals surface area contributed by atoms with Gasteiger partial charge >= 0.3 is 7.12 Å². The van der Waals surface area contributed by atoms with E-state index in [9.17, 15) is 8.78 Å². The third-order valence-corrected chi connectivity index (χ3v) is 4.49. The second kappa shape index (κ2) is 4.69. The van der Waals surface area contributed by atoms with Crippen LogP contribution in [-0.2, 0) is 9.31 Å². The van der Waals surface area contributed by atoms with E-state index in [2.05, 4.69) is 15.9 Å². The zero-order valence-electron chi connectivity index (χ0n) is 11.0. The Morgan fingerprint density at radius 1 is 1.11 bits per heavy atom. The molecule has 1 aliphatic rings. The molecule has 7 heteroatoms. The molecular formula is C12H13BBrClF2O2. The minimum Gasteiger partial charge on any atom is -0.399 e. The summed E-state index contributed by atoms with van der Waals surface area (Å²) < 4.78 is 39.5. The Balaban J connectivity index is 2.51. The summed E-state index contributed by atoms with van der Waals surface area (Å²) in [5, 5.41) is -0.182. The van der Waals surface area contributed by atoms with Crippen LogP contribution >= 0.6 is 27.5 Å². The molecule has 0 atom stereocenters. The molecule has 2 rings (SSSR count). The van der Waals surface area contributed by atoms with Gasteiger partial charge in [-0.15, -0.1) is 0 Å². The zero-order valence-corrected chi connectivity index (χ0v) is 13.3. The first-order chi connectivity index (χ1) is 8.57. The van der Waals surface area contributed by atoms with Crippen molar-refractivity contribution in [2.24, 2.45) is 0 Å². The summed E-state index contributed by atoms with van der Waals surface area (Å²) in [4.78, 5) is 0. The lowest BCUT2D eigenvalue weighted by Crippen LogP contribution is -2.41. The molecule has 0 unspecified atom stereocenters. The summed E-state index contributed by atoms with van der Waals surface area (Å²) >= 11 is 8.73. The lowest BCUT2D eigenvalue weighted by atomic mass is 9.78. The molecule has 0 spiro atoms. The van der Waals surface area contributed by atoms with Crippen molar-refractivity contribution < 1.29 is 18.1 Å². The Labute approximate surface area is 124 Å². The van der Waals surface area contributed by atoms with Crippen molar-refractivity contribution in [2.45, 2.75) is 38.9 Å². The van der Waals surface area contributed by atoms with Gasteiger partial charge in [-0.25, -0.2) is 8.78 Å². The van der Waals surface area contributed by atoms with Crippen molar-refractivity contribution in [1.29, 1.82) is 0 Å². The summed E-state index contributed by atoms with van der Waals surface area (Å²) in [5.41, 5.74) is -1.66. The van der Waals surface area contributed by atoms with Gasteiger partial charge in [-0.2, -0.15) is 0 Å². The van der Waals surface area contributed by atoms with Gasteiger partial charge in [0, 0.05) is 0 Å². The van der Waals surface area contributed by atoms with Gasteiger partial charge in [0.05, 0.1) is 26.2 Å². The van der Waals surface area contributed by atoms with E-state index in [4.69, 9.17) is 20.9 Å². The Bertz CT molecular complexity index is 495. The molecule has 1 aromatic rings. The van der Waals surface area contributed by atoms with E-state index in [1.54, 1.807) is 0 Å². The number of hydrogen-bond donors (Lipinski definition) is 0. The van der Waals surface area contributed by atoms with Crippen LogP contribution < -0.4 is 5.46 Å². The van der Waals surface area contributed by atoms with Gasteiger partial charge < -0.3 is 9.31 Å². The Morgan fingerprint density at radius 3 is 2.05 bits per heavy atom. The lowest BCUT2D eigenvalue weighted by Gasteiger charge is -2.32. The summed E-state index contributed by atoms with van der Waals surface area (Å²) in [7, 11) is -1.13. The van der Waals surface area contributed by atoms with E-state index >= 15 is 0 Å². The van der Waals surface area contributed by atoms with Gasteiger partial charge in [0.1, 0.15) is 11.6 Å². The first kappa shape index (κ1) is 15.2. The van der Waals surface area contributed by atoms with Crippen LogP contribution in [0.25, 0.3) is 0 Å². The smallest absolute Gasteiger partial charge is 0.399 e. The van der Waals surface area contributed by atoms with E-state index in [0.29, 0.717) is 0 Å². The topological polar surface area (TPSA) is 18.5 Å². The fraction of sp³-hybridized carbons (Fsp3) is 0.500. The molecule has 1 aromatic carbocycles. The molecular weight excluding hydrogens is 340 g/mol. The van der Waals surface area contributed by atoms with E-state index in [-0.39, 0.29) is 15.0 Å². The predicted octanol–water partition coefficient (Wildman–Crippen LogP) is 3.68. The first-order valence-electron chi connectivity index (χ1n) is 5.75. The molecule has 0 saturated carbocycles. The Hall–Kier alpha value is -0.165. The molecule has 19 heavy (non-hydrogen) atoms. The van der Waals surface area contributed by atoms with Crippen molar-refractivity contribution in [3.8, 4) is 0 Å². The summed E-state index contributed by atoms with van der Waals surface area (Å²) in [6, 6.07) is 1.17. The molecule has 0 amide bonds. The highest BCUT2D eigenvalue weighted by atomic mass is 79.9. The molecule has 0 radical (unpaired) electrons. The first-order valence-corrected chi connectivity index (χ1v) is 6.92. The maximum atomic E-state index is 14.1. The lowest BCUT2D eigenvalue weighted by molar-refractivity contribution is 0.00578. The predicted molar refractivity (Wildman–Crippen MR) is 74.8 cm³/mol. The highest BCUT2D eigenvalue weighted by Crippen LogP contribution is 2.37. The summed E-state index contributed by atoms with van der Waals surface area (Å²) in [6.07, 6.45) is 0. The van der Waals surface area contributed by atoms with Gasteiger partial charge in [0.25, 0.3) is 0 Å². The number of benzene rings is 1. The van der Waals surface area contributed by atoms with Crippen LogP contribution in [-0.4, -0.2) is 18.3 Å². The molecule has 1 heterocycles. The SMILES string of the molecule is CC1(C)OB(c2c(F)c(Cl)cc(Br)c2F)OC1(C)C. The highest BCUT2D eigenvalue weighted by molar-refractivity contribution is 9.10. The van der Waals surface area contributed by atoms with E-state index in [1.807, 2.05) is 27.7 Å². The van der Waals surface area contributed by atoms with Crippen molar-refractivity contribution in [1.82, 2.24) is 0 Å². The minimum atomic E-state index is -1.13. The van der Waals surface area contributed by atoms with Crippen molar-refractivity contribution in [3.63, 3.8) is 0 Å². The van der Waals surface area contributed by atoms with Crippen LogP contribution in [0.4, 0.5) is 8.78 Å². The molecule has 1 saturated heterocycles. The van der Waals surface area contributed by atoms with Crippen LogP contribution in [0.3, 0.4) is 0 Å². The number of hydrogen-bond acceptors (Lipinski definition) is 2. The molecule has 1 aliphatic heterocycles. The number of rotatable bonds is 1. The fourth-order valence-electron chi connectivity index (χ4n) is 1.76. The second-order valence-corrected chi connectivity index (χ2v) is 6.73. The van der Waals surface area contributed by atoms with Gasteiger partial charge in [-0.1, -0.05) is 11.6 Å². The van der Waals surface area contributed by atoms with Gasteiger partial charge in [0.2, 0.25) is 0 Å². The van der Waals surface area contributed by atoms with Crippen LogP contribution in [0.5, 0.6) is 0 Å². The average Bonchev–Trinajstić information content (AvgIpc) is 2.45. The average molecular weight is 353 g/mol. The molecule has 0 aromatic heterocycles. The standard InChI is InChI=1S/C12H13BBrClF2O2/c1-11(2)12(3,4)19-13(18-11)8-9(16)6(14)5-7(15)10(8)17/h5H,1-4H3. The van der Waals surface area contributed by atoms with Crippen molar-refractivity contribution in [3.05, 3.63) is 27.2 Å². The highest BCUT2D eigenvalue weighted by Gasteiger charge is 2.53. The Kier molecular flexibility index (Phi) is 3.76. The molecule has 104 valence electrons.